The summed E-state index contributed by atoms with van der Waals surface area (Å²) in [7, 11) is 0. The number of phenolic OH excluding ortho intramolecular Hbond substituents is 1. The molecule has 62 valence electrons. The Labute approximate surface area is 68.4 Å². The second kappa shape index (κ2) is 3.52. The van der Waals surface area contributed by atoms with Gasteiger partial charge in [0.2, 0.25) is 0 Å². The molecular weight excluding hydrogens is 160 g/mol. The first-order valence-electron chi connectivity index (χ1n) is 3.16. The number of hydrogen-bond donors (Lipinski definition) is 1. The lowest BCUT2D eigenvalue weighted by molar-refractivity contribution is -0.120. The summed E-state index contributed by atoms with van der Waals surface area (Å²) >= 11 is 0. The van der Waals surface area contributed by atoms with Crippen LogP contribution in [0.15, 0.2) is 18.2 Å². The van der Waals surface area contributed by atoms with Crippen LogP contribution in [0.3, 0.4) is 0 Å². The van der Waals surface area contributed by atoms with Crippen molar-refractivity contribution in [1.82, 2.24) is 0 Å². The van der Waals surface area contributed by atoms with Gasteiger partial charge < -0.3 is 9.84 Å². The molecule has 0 saturated heterocycles. The molecule has 4 heteroatoms. The molecule has 0 heterocycles. The van der Waals surface area contributed by atoms with Crippen molar-refractivity contribution in [2.75, 3.05) is 0 Å². The Morgan fingerprint density at radius 1 is 1.33 bits per heavy atom. The Kier molecular flexibility index (Phi) is 2.42. The molecule has 0 aliphatic rings. The number of carbonyl (C=O) groups excluding carboxylic acids is 2. The Morgan fingerprint density at radius 3 is 2.58 bits per heavy atom. The van der Waals surface area contributed by atoms with Crippen LogP contribution in [0.4, 0.5) is 0 Å². The van der Waals surface area contributed by atoms with E-state index in [4.69, 9.17) is 5.11 Å². The minimum Gasteiger partial charge on any atom is -0.504 e. The number of aldehydes is 1. The molecule has 0 spiro atoms. The molecule has 1 N–H and O–H groups in total. The normalized spacial score (nSPS) is 9.00. The van der Waals surface area contributed by atoms with Crippen molar-refractivity contribution in [3.8, 4) is 11.5 Å². The Bertz CT molecular complexity index is 306. The minimum absolute atomic E-state index is 0.0376. The summed E-state index contributed by atoms with van der Waals surface area (Å²) in [5.41, 5.74) is 0.325. The van der Waals surface area contributed by atoms with Gasteiger partial charge in [0.1, 0.15) is 6.29 Å². The van der Waals surface area contributed by atoms with Gasteiger partial charge in [-0.3, -0.25) is 9.59 Å². The summed E-state index contributed by atoms with van der Waals surface area (Å²) in [6, 6.07) is 3.99. The summed E-state index contributed by atoms with van der Waals surface area (Å²) in [5.74, 6) is -0.192. The maximum atomic E-state index is 10.2. The van der Waals surface area contributed by atoms with Crippen LogP contribution >= 0.6 is 0 Å². The third-order valence-corrected chi connectivity index (χ3v) is 1.29. The monoisotopic (exact) mass is 166 g/mol. The lowest BCUT2D eigenvalue weighted by Gasteiger charge is -2.00. The smallest absolute Gasteiger partial charge is 0.298 e. The first-order valence-corrected chi connectivity index (χ1v) is 3.16. The van der Waals surface area contributed by atoms with E-state index in [1.807, 2.05) is 0 Å². The fourth-order valence-corrected chi connectivity index (χ4v) is 0.759. The molecule has 1 aromatic rings. The molecule has 0 aliphatic carbocycles. The van der Waals surface area contributed by atoms with Gasteiger partial charge in [-0.2, -0.15) is 0 Å². The van der Waals surface area contributed by atoms with Crippen LogP contribution < -0.4 is 4.74 Å². The van der Waals surface area contributed by atoms with Gasteiger partial charge in [0.25, 0.3) is 6.47 Å². The predicted molar refractivity (Wildman–Crippen MR) is 40.2 cm³/mol. The lowest BCUT2D eigenvalue weighted by atomic mass is 10.2. The molecule has 0 atom stereocenters. The Morgan fingerprint density at radius 2 is 2.08 bits per heavy atom. The number of ether oxygens (including phenoxy) is 1. The zero-order chi connectivity index (χ0) is 8.97. The molecule has 0 amide bonds. The fourth-order valence-electron chi connectivity index (χ4n) is 0.759. The first-order chi connectivity index (χ1) is 5.77. The largest absolute Gasteiger partial charge is 0.504 e. The summed E-state index contributed by atoms with van der Waals surface area (Å²) in [6.07, 6.45) is 0.588. The number of phenols is 1. The van der Waals surface area contributed by atoms with Gasteiger partial charge in [-0.15, -0.1) is 0 Å². The molecule has 0 saturated carbocycles. The van der Waals surface area contributed by atoms with Crippen molar-refractivity contribution in [2.24, 2.45) is 0 Å². The van der Waals surface area contributed by atoms with E-state index in [0.717, 1.165) is 0 Å². The van der Waals surface area contributed by atoms with Crippen LogP contribution in [0.5, 0.6) is 11.5 Å². The van der Waals surface area contributed by atoms with Crippen molar-refractivity contribution in [1.29, 1.82) is 0 Å². The molecule has 1 rings (SSSR count). The topological polar surface area (TPSA) is 63.6 Å². The molecule has 0 radical (unpaired) electrons. The van der Waals surface area contributed by atoms with Gasteiger partial charge in [-0.25, -0.2) is 0 Å². The fraction of sp³-hybridized carbons (Fsp3) is 0. The van der Waals surface area contributed by atoms with Crippen molar-refractivity contribution in [3.05, 3.63) is 23.8 Å². The average molecular weight is 166 g/mol. The van der Waals surface area contributed by atoms with Crippen LogP contribution in [-0.2, 0) is 4.79 Å². The quantitative estimate of drug-likeness (QED) is 0.672. The summed E-state index contributed by atoms with van der Waals surface area (Å²) in [4.78, 5) is 20.1. The van der Waals surface area contributed by atoms with Crippen LogP contribution in [0.2, 0.25) is 0 Å². The summed E-state index contributed by atoms with van der Waals surface area (Å²) in [6.45, 7) is 0.204. The number of carbonyl (C=O) groups is 2. The molecule has 4 nitrogen and oxygen atoms in total. The Balaban J connectivity index is 3.02. The molecule has 1 aromatic carbocycles. The van der Waals surface area contributed by atoms with Crippen LogP contribution in [-0.4, -0.2) is 17.9 Å². The van der Waals surface area contributed by atoms with E-state index in [0.29, 0.717) is 11.8 Å². The van der Waals surface area contributed by atoms with E-state index < -0.39 is 0 Å². The molecule has 0 aromatic heterocycles. The first kappa shape index (κ1) is 8.26. The number of hydrogen-bond acceptors (Lipinski definition) is 4. The molecular formula is C8H6O4. The van der Waals surface area contributed by atoms with Crippen molar-refractivity contribution < 1.29 is 19.4 Å². The van der Waals surface area contributed by atoms with Gasteiger partial charge in [-0.05, 0) is 18.2 Å². The highest BCUT2D eigenvalue weighted by atomic mass is 16.5. The molecule has 0 unspecified atom stereocenters. The second-order valence-corrected chi connectivity index (χ2v) is 2.06. The van der Waals surface area contributed by atoms with E-state index in [1.165, 1.54) is 18.2 Å². The third-order valence-electron chi connectivity index (χ3n) is 1.29. The van der Waals surface area contributed by atoms with Gasteiger partial charge in [-0.1, -0.05) is 0 Å². The number of aromatic hydroxyl groups is 1. The molecule has 0 bridgehead atoms. The SMILES string of the molecule is O=COc1ccc(C=O)cc1O. The average Bonchev–Trinajstić information content (AvgIpc) is 2.09. The van der Waals surface area contributed by atoms with E-state index in [2.05, 4.69) is 4.74 Å². The van der Waals surface area contributed by atoms with E-state index in [-0.39, 0.29) is 18.0 Å². The van der Waals surface area contributed by atoms with Gasteiger partial charge in [0.05, 0.1) is 0 Å². The summed E-state index contributed by atoms with van der Waals surface area (Å²) in [5, 5.41) is 9.11. The van der Waals surface area contributed by atoms with Crippen molar-refractivity contribution in [2.45, 2.75) is 0 Å². The summed E-state index contributed by atoms with van der Waals surface area (Å²) < 4.78 is 4.39. The van der Waals surface area contributed by atoms with E-state index in [1.54, 1.807) is 0 Å². The minimum atomic E-state index is -0.230. The van der Waals surface area contributed by atoms with E-state index in [9.17, 15) is 9.59 Å². The Hall–Kier alpha value is -1.84. The maximum Gasteiger partial charge on any atom is 0.298 e. The molecule has 0 fully saturated rings. The standard InChI is InChI=1S/C8H6O4/c9-4-6-1-2-8(12-5-10)7(11)3-6/h1-5,11H. The zero-order valence-corrected chi connectivity index (χ0v) is 6.06. The highest BCUT2D eigenvalue weighted by molar-refractivity contribution is 5.76. The van der Waals surface area contributed by atoms with E-state index >= 15 is 0 Å². The number of rotatable bonds is 3. The highest BCUT2D eigenvalue weighted by Crippen LogP contribution is 2.25. The van der Waals surface area contributed by atoms with Crippen LogP contribution in [0.25, 0.3) is 0 Å². The van der Waals surface area contributed by atoms with Crippen LogP contribution in [0, 0.1) is 0 Å². The maximum absolute atomic E-state index is 10.2. The molecule has 12 heavy (non-hydrogen) atoms. The van der Waals surface area contributed by atoms with Crippen LogP contribution in [0.1, 0.15) is 10.4 Å². The molecule has 0 aliphatic heterocycles. The third kappa shape index (κ3) is 1.60. The van der Waals surface area contributed by atoms with Crippen molar-refractivity contribution >= 4 is 12.8 Å². The van der Waals surface area contributed by atoms with Gasteiger partial charge in [0, 0.05) is 5.56 Å². The number of benzene rings is 1. The predicted octanol–water partition coefficient (Wildman–Crippen LogP) is 0.740. The second-order valence-electron chi connectivity index (χ2n) is 2.06. The van der Waals surface area contributed by atoms with Gasteiger partial charge >= 0.3 is 0 Å². The van der Waals surface area contributed by atoms with Crippen molar-refractivity contribution in [3.63, 3.8) is 0 Å². The van der Waals surface area contributed by atoms with Gasteiger partial charge in [0.15, 0.2) is 11.5 Å². The lowest BCUT2D eigenvalue weighted by Crippen LogP contribution is -1.89. The zero-order valence-electron chi connectivity index (χ0n) is 6.06. The highest BCUT2D eigenvalue weighted by Gasteiger charge is 2.01.